The van der Waals surface area contributed by atoms with Gasteiger partial charge in [0, 0.05) is 11.1 Å². The zero-order valence-electron chi connectivity index (χ0n) is 14.9. The Morgan fingerprint density at radius 3 is 2.40 bits per heavy atom. The van der Waals surface area contributed by atoms with Crippen molar-refractivity contribution in [1.29, 1.82) is 0 Å². The van der Waals surface area contributed by atoms with Crippen molar-refractivity contribution >= 4 is 11.9 Å². The van der Waals surface area contributed by atoms with Crippen LogP contribution in [0.2, 0.25) is 0 Å². The van der Waals surface area contributed by atoms with E-state index in [1.165, 1.54) is 12.3 Å². The molecule has 1 amide bonds. The molecule has 0 aliphatic rings. The fraction of sp³-hybridized carbons (Fsp3) is 0.368. The zero-order valence-corrected chi connectivity index (χ0v) is 14.9. The van der Waals surface area contributed by atoms with Crippen molar-refractivity contribution in [3.05, 3.63) is 54.0 Å². The van der Waals surface area contributed by atoms with Crippen LogP contribution in [-0.2, 0) is 9.53 Å². The van der Waals surface area contributed by atoms with Gasteiger partial charge in [-0.2, -0.15) is 0 Å². The summed E-state index contributed by atoms with van der Waals surface area (Å²) in [4.78, 5) is 25.0. The number of carbonyl (C=O) groups is 2. The summed E-state index contributed by atoms with van der Waals surface area (Å²) in [6, 6.07) is 9.87. The first-order valence-electron chi connectivity index (χ1n) is 8.06. The highest BCUT2D eigenvalue weighted by Gasteiger charge is 2.30. The van der Waals surface area contributed by atoms with E-state index in [0.29, 0.717) is 11.3 Å². The monoisotopic (exact) mass is 345 g/mol. The van der Waals surface area contributed by atoms with E-state index in [-0.39, 0.29) is 5.76 Å². The molecule has 134 valence electrons. The molecule has 1 atom stereocenters. The van der Waals surface area contributed by atoms with Crippen molar-refractivity contribution in [3.8, 4) is 5.75 Å². The average molecular weight is 345 g/mol. The fourth-order valence-corrected chi connectivity index (χ4v) is 2.10. The standard InChI is InChI=1S/C19H23NO5/c1-5-19(2,3)20-17(21)16(13-8-10-14(23-4)11-9-13)25-18(22)15-7-6-12-24-15/h6-12,16H,5H2,1-4H3,(H,20,21)/t16-/m0/s1. The van der Waals surface area contributed by atoms with Crippen molar-refractivity contribution in [1.82, 2.24) is 5.32 Å². The molecular formula is C19H23NO5. The molecule has 1 aromatic heterocycles. The van der Waals surface area contributed by atoms with Gasteiger partial charge in [-0.25, -0.2) is 4.79 Å². The molecule has 0 saturated carbocycles. The van der Waals surface area contributed by atoms with Crippen molar-refractivity contribution in [2.75, 3.05) is 7.11 Å². The molecule has 0 saturated heterocycles. The molecule has 1 heterocycles. The number of esters is 1. The maximum absolute atomic E-state index is 12.7. The summed E-state index contributed by atoms with van der Waals surface area (Å²) in [5.41, 5.74) is 0.129. The Bertz CT molecular complexity index is 704. The smallest absolute Gasteiger partial charge is 0.375 e. The topological polar surface area (TPSA) is 77.8 Å². The van der Waals surface area contributed by atoms with Gasteiger partial charge in [0.1, 0.15) is 5.75 Å². The normalized spacial score (nSPS) is 12.3. The highest BCUT2D eigenvalue weighted by molar-refractivity contribution is 5.90. The third-order valence-electron chi connectivity index (χ3n) is 3.95. The van der Waals surface area contributed by atoms with E-state index in [9.17, 15) is 9.59 Å². The van der Waals surface area contributed by atoms with Crippen LogP contribution >= 0.6 is 0 Å². The summed E-state index contributed by atoms with van der Waals surface area (Å²) in [6.45, 7) is 5.78. The van der Waals surface area contributed by atoms with Crippen LogP contribution in [-0.4, -0.2) is 24.5 Å². The van der Waals surface area contributed by atoms with E-state index >= 15 is 0 Å². The van der Waals surface area contributed by atoms with Crippen molar-refractivity contribution < 1.29 is 23.5 Å². The highest BCUT2D eigenvalue weighted by Crippen LogP contribution is 2.24. The maximum Gasteiger partial charge on any atom is 0.375 e. The van der Waals surface area contributed by atoms with Gasteiger partial charge in [-0.15, -0.1) is 0 Å². The number of furan rings is 1. The third-order valence-corrected chi connectivity index (χ3v) is 3.95. The lowest BCUT2D eigenvalue weighted by Crippen LogP contribution is -2.45. The number of carbonyl (C=O) groups excluding carboxylic acids is 2. The number of ether oxygens (including phenoxy) is 2. The minimum Gasteiger partial charge on any atom is -0.497 e. The Kier molecular flexibility index (Phi) is 5.85. The molecule has 0 aliphatic carbocycles. The zero-order chi connectivity index (χ0) is 18.4. The van der Waals surface area contributed by atoms with Gasteiger partial charge in [0.25, 0.3) is 5.91 Å². The molecule has 6 nitrogen and oxygen atoms in total. The predicted molar refractivity (Wildman–Crippen MR) is 92.4 cm³/mol. The van der Waals surface area contributed by atoms with Crippen LogP contribution in [0.25, 0.3) is 0 Å². The molecule has 1 aromatic carbocycles. The maximum atomic E-state index is 12.7. The van der Waals surface area contributed by atoms with Gasteiger partial charge in [-0.05, 0) is 44.5 Å². The van der Waals surface area contributed by atoms with Gasteiger partial charge in [-0.1, -0.05) is 19.1 Å². The Balaban J connectivity index is 2.26. The molecule has 1 N–H and O–H groups in total. The molecule has 6 heteroatoms. The predicted octanol–water partition coefficient (Wildman–Crippen LogP) is 3.49. The minimum atomic E-state index is -1.09. The van der Waals surface area contributed by atoms with E-state index in [1.807, 2.05) is 20.8 Å². The first-order valence-corrected chi connectivity index (χ1v) is 8.06. The minimum absolute atomic E-state index is 0.0427. The van der Waals surface area contributed by atoms with Gasteiger partial charge in [0.15, 0.2) is 0 Å². The first kappa shape index (κ1) is 18.6. The lowest BCUT2D eigenvalue weighted by atomic mass is 10.0. The van der Waals surface area contributed by atoms with Crippen molar-refractivity contribution in [3.63, 3.8) is 0 Å². The van der Waals surface area contributed by atoms with Gasteiger partial charge >= 0.3 is 5.97 Å². The molecule has 25 heavy (non-hydrogen) atoms. The van der Waals surface area contributed by atoms with Crippen LogP contribution in [0.3, 0.4) is 0 Å². The van der Waals surface area contributed by atoms with Crippen molar-refractivity contribution in [2.45, 2.75) is 38.8 Å². The molecule has 0 radical (unpaired) electrons. The molecule has 0 bridgehead atoms. The Morgan fingerprint density at radius 2 is 1.88 bits per heavy atom. The molecule has 0 aliphatic heterocycles. The average Bonchev–Trinajstić information content (AvgIpc) is 3.14. The van der Waals surface area contributed by atoms with E-state index in [0.717, 1.165) is 6.42 Å². The van der Waals surface area contributed by atoms with E-state index in [2.05, 4.69) is 5.32 Å². The number of hydrogen-bond acceptors (Lipinski definition) is 5. The second-order valence-electron chi connectivity index (χ2n) is 6.26. The third kappa shape index (κ3) is 4.86. The quantitative estimate of drug-likeness (QED) is 0.777. The van der Waals surface area contributed by atoms with E-state index < -0.39 is 23.5 Å². The number of rotatable bonds is 7. The largest absolute Gasteiger partial charge is 0.497 e. The molecule has 2 rings (SSSR count). The second kappa shape index (κ2) is 7.88. The number of methoxy groups -OCH3 is 1. The lowest BCUT2D eigenvalue weighted by Gasteiger charge is -2.27. The number of hydrogen-bond donors (Lipinski definition) is 1. The summed E-state index contributed by atoms with van der Waals surface area (Å²) >= 11 is 0. The Labute approximate surface area is 147 Å². The van der Waals surface area contributed by atoms with E-state index in [4.69, 9.17) is 13.9 Å². The summed E-state index contributed by atoms with van der Waals surface area (Å²) < 4.78 is 15.6. The van der Waals surface area contributed by atoms with Gasteiger partial charge in [0.05, 0.1) is 13.4 Å². The van der Waals surface area contributed by atoms with Gasteiger partial charge in [-0.3, -0.25) is 4.79 Å². The highest BCUT2D eigenvalue weighted by atomic mass is 16.6. The van der Waals surface area contributed by atoms with Crippen molar-refractivity contribution in [2.24, 2.45) is 0 Å². The van der Waals surface area contributed by atoms with Crippen LogP contribution in [0.15, 0.2) is 47.1 Å². The van der Waals surface area contributed by atoms with E-state index in [1.54, 1.807) is 37.4 Å². The molecule has 2 aromatic rings. The summed E-state index contributed by atoms with van der Waals surface area (Å²) in [5.74, 6) is -0.401. The summed E-state index contributed by atoms with van der Waals surface area (Å²) in [6.07, 6.45) is 1.02. The molecule has 0 spiro atoms. The van der Waals surface area contributed by atoms with Crippen LogP contribution in [0.1, 0.15) is 49.4 Å². The van der Waals surface area contributed by atoms with Gasteiger partial charge < -0.3 is 19.2 Å². The molecule has 0 unspecified atom stereocenters. The SMILES string of the molecule is CCC(C)(C)NC(=O)[C@@H](OC(=O)c1ccco1)c1ccc(OC)cc1. The Hall–Kier alpha value is -2.76. The summed E-state index contributed by atoms with van der Waals surface area (Å²) in [5, 5.41) is 2.91. The van der Waals surface area contributed by atoms with Crippen LogP contribution in [0.4, 0.5) is 0 Å². The van der Waals surface area contributed by atoms with Crippen LogP contribution in [0, 0.1) is 0 Å². The second-order valence-corrected chi connectivity index (χ2v) is 6.26. The number of amides is 1. The lowest BCUT2D eigenvalue weighted by molar-refractivity contribution is -0.132. The summed E-state index contributed by atoms with van der Waals surface area (Å²) in [7, 11) is 1.56. The van der Waals surface area contributed by atoms with Gasteiger partial charge in [0.2, 0.25) is 11.9 Å². The molecule has 0 fully saturated rings. The number of nitrogens with one attached hydrogen (secondary N) is 1. The fourth-order valence-electron chi connectivity index (χ4n) is 2.10. The Morgan fingerprint density at radius 1 is 1.20 bits per heavy atom. The molecular weight excluding hydrogens is 322 g/mol. The van der Waals surface area contributed by atoms with Crippen LogP contribution in [0.5, 0.6) is 5.75 Å². The number of benzene rings is 1. The van der Waals surface area contributed by atoms with Crippen LogP contribution < -0.4 is 10.1 Å². The first-order chi connectivity index (χ1) is 11.9.